The summed E-state index contributed by atoms with van der Waals surface area (Å²) in [6.45, 7) is 5.50. The number of halogens is 1. The highest BCUT2D eigenvalue weighted by atomic mass is 35.5. The number of unbranched alkanes of at least 4 members (excludes halogenated alkanes) is 17. The maximum Gasteiger partial charge on any atom is 0.530 e. The van der Waals surface area contributed by atoms with Gasteiger partial charge in [0.25, 0.3) is 0 Å². The zero-order valence-electron chi connectivity index (χ0n) is 38.7. The molecule has 2 N–H and O–H groups in total. The number of nitriles is 2. The fourth-order valence-electron chi connectivity index (χ4n) is 9.52. The third kappa shape index (κ3) is 11.5. The van der Waals surface area contributed by atoms with E-state index in [1.54, 1.807) is 79.0 Å². The zero-order chi connectivity index (χ0) is 46.6. The molecule has 3 fully saturated rings. The Morgan fingerprint density at radius 2 is 1.52 bits per heavy atom. The number of nitrogens with zero attached hydrogens (tertiary/aromatic N) is 5. The Labute approximate surface area is 395 Å². The normalized spacial score (nSPS) is 23.9. The number of fused-ring (bicyclic) bond motifs is 1. The molecule has 0 radical (unpaired) electrons. The van der Waals surface area contributed by atoms with Gasteiger partial charge in [0.1, 0.15) is 47.7 Å². The van der Waals surface area contributed by atoms with E-state index in [4.69, 9.17) is 49.9 Å². The molecule has 2 aromatic heterocycles. The first kappa shape index (κ1) is 49.7. The summed E-state index contributed by atoms with van der Waals surface area (Å²) in [4.78, 5) is 4.08. The minimum absolute atomic E-state index is 0.0516. The standard InChI is InChI=1S/C50H66ClN6O8P/c1-4-5-6-7-8-9-10-11-12-13-14-15-16-17-18-19-20-21-26-39(60-38-27-24-25-37(32-38)33-52)34-59-66(58,63-43-29-23-22-28-40(43)51)64-47-49(35-53)50(47)45(62-48(2,3)65-50)44(61-49)41-30-31-42-46(54)55-36-56-57(41)42/h22-25,27-32,36,39,44-45,47H,4-21,26,34H2,1-3H3,(H2,54,55,56)/t39-,44+,45+,47?,49-,50-,66?/m1/s1. The highest BCUT2D eigenvalue weighted by molar-refractivity contribution is 7.49. The molecule has 4 aromatic rings. The lowest BCUT2D eigenvalue weighted by Crippen LogP contribution is -2.33. The molecule has 0 bridgehead atoms. The highest BCUT2D eigenvalue weighted by Gasteiger charge is 2.95. The number of anilines is 1. The van der Waals surface area contributed by atoms with E-state index in [1.165, 1.54) is 96.2 Å². The van der Waals surface area contributed by atoms with Crippen LogP contribution in [-0.4, -0.2) is 56.5 Å². The van der Waals surface area contributed by atoms with Crippen LogP contribution in [0.3, 0.4) is 0 Å². The molecule has 4 heterocycles. The second-order valence-electron chi connectivity index (χ2n) is 18.3. The molecule has 66 heavy (non-hydrogen) atoms. The summed E-state index contributed by atoms with van der Waals surface area (Å²) in [6.07, 6.45) is 21.1. The van der Waals surface area contributed by atoms with Gasteiger partial charge in [0.2, 0.25) is 5.60 Å². The lowest BCUT2D eigenvalue weighted by atomic mass is 10.0. The molecule has 1 saturated carbocycles. The number of phosphoric ester groups is 1. The minimum atomic E-state index is -4.67. The summed E-state index contributed by atoms with van der Waals surface area (Å²) < 4.78 is 61.3. The molecule has 2 saturated heterocycles. The summed E-state index contributed by atoms with van der Waals surface area (Å²) in [5.74, 6) is -0.399. The molecule has 2 aromatic carbocycles. The number of para-hydroxylation sites is 1. The van der Waals surface area contributed by atoms with Crippen molar-refractivity contribution in [2.45, 2.75) is 184 Å². The van der Waals surface area contributed by atoms with Gasteiger partial charge in [0, 0.05) is 0 Å². The highest BCUT2D eigenvalue weighted by Crippen LogP contribution is 2.74. The van der Waals surface area contributed by atoms with E-state index < -0.39 is 49.2 Å². The van der Waals surface area contributed by atoms with Gasteiger partial charge in [-0.25, -0.2) is 14.1 Å². The van der Waals surface area contributed by atoms with Crippen LogP contribution in [0.25, 0.3) is 5.52 Å². The van der Waals surface area contributed by atoms with Crippen molar-refractivity contribution < 1.29 is 37.1 Å². The second-order valence-corrected chi connectivity index (χ2v) is 20.3. The molecule has 1 aliphatic carbocycles. The summed E-state index contributed by atoms with van der Waals surface area (Å²) >= 11 is 6.53. The van der Waals surface area contributed by atoms with Gasteiger partial charge in [0.15, 0.2) is 23.3 Å². The largest absolute Gasteiger partial charge is 0.530 e. The Bertz CT molecular complexity index is 2350. The number of hydrogen-bond donors (Lipinski definition) is 1. The van der Waals surface area contributed by atoms with E-state index >= 15 is 4.57 Å². The SMILES string of the molecule is CCCCCCCCCCCCCCCCCCCC[C@H](COP(=O)(Oc1ccccc1Cl)OC1[C@@]2(C#N)O[C@@H](c3ccc4c(N)ncnn34)[C@@H]3OC(C)(C)O[C@@]132)Oc1cccc(C#N)c1. The van der Waals surface area contributed by atoms with Crippen molar-refractivity contribution >= 4 is 30.8 Å². The first-order chi connectivity index (χ1) is 32.0. The van der Waals surface area contributed by atoms with Gasteiger partial charge in [-0.15, -0.1) is 0 Å². The van der Waals surface area contributed by atoms with Gasteiger partial charge >= 0.3 is 7.82 Å². The van der Waals surface area contributed by atoms with Gasteiger partial charge in [0.05, 0.1) is 29.0 Å². The van der Waals surface area contributed by atoms with E-state index in [1.807, 2.05) is 0 Å². The van der Waals surface area contributed by atoms with Crippen molar-refractivity contribution in [2.24, 2.45) is 0 Å². The molecule has 16 heteroatoms. The molecule has 7 rings (SSSR count). The Balaban J connectivity index is 0.977. The number of ether oxygens (including phenoxy) is 4. The topological polar surface area (TPSA) is 185 Å². The fraction of sp³-hybridized carbons (Fsp3) is 0.600. The number of nitrogens with two attached hydrogens (primary N) is 1. The van der Waals surface area contributed by atoms with Crippen LogP contribution in [0.15, 0.2) is 67.0 Å². The van der Waals surface area contributed by atoms with Crippen LogP contribution < -0.4 is 15.0 Å². The van der Waals surface area contributed by atoms with E-state index in [2.05, 4.69) is 29.1 Å². The maximum absolute atomic E-state index is 15.1. The monoisotopic (exact) mass is 944 g/mol. The van der Waals surface area contributed by atoms with Crippen molar-refractivity contribution in [1.82, 2.24) is 14.6 Å². The van der Waals surface area contributed by atoms with Crippen LogP contribution in [-0.2, 0) is 27.8 Å². The Morgan fingerprint density at radius 1 is 0.864 bits per heavy atom. The number of aromatic nitrogens is 3. The summed E-state index contributed by atoms with van der Waals surface area (Å²) in [5.41, 5.74) is 4.35. The molecule has 356 valence electrons. The van der Waals surface area contributed by atoms with E-state index in [0.717, 1.165) is 25.7 Å². The molecule has 7 atom stereocenters. The number of phosphoric acid groups is 1. The van der Waals surface area contributed by atoms with Crippen molar-refractivity contribution in [2.75, 3.05) is 12.3 Å². The van der Waals surface area contributed by atoms with E-state index in [9.17, 15) is 10.5 Å². The predicted octanol–water partition coefficient (Wildman–Crippen LogP) is 12.5. The van der Waals surface area contributed by atoms with Crippen molar-refractivity contribution in [3.63, 3.8) is 0 Å². The second kappa shape index (κ2) is 22.7. The molecule has 0 amide bonds. The quantitative estimate of drug-likeness (QED) is 0.0401. The molecule has 14 nitrogen and oxygen atoms in total. The van der Waals surface area contributed by atoms with Crippen LogP contribution >= 0.6 is 19.4 Å². The van der Waals surface area contributed by atoms with E-state index in [0.29, 0.717) is 28.9 Å². The lowest BCUT2D eigenvalue weighted by Gasteiger charge is -2.26. The van der Waals surface area contributed by atoms with Crippen molar-refractivity contribution in [1.29, 1.82) is 10.5 Å². The third-order valence-corrected chi connectivity index (χ3v) is 14.6. The van der Waals surface area contributed by atoms with Gasteiger partial charge in [-0.3, -0.25) is 9.05 Å². The van der Waals surface area contributed by atoms with Gasteiger partial charge < -0.3 is 29.2 Å². The maximum atomic E-state index is 15.1. The van der Waals surface area contributed by atoms with Crippen LogP contribution in [0, 0.1) is 22.7 Å². The number of rotatable bonds is 29. The molecule has 3 aliphatic rings. The number of nitrogen functional groups attached to an aromatic ring is 1. The van der Waals surface area contributed by atoms with Crippen molar-refractivity contribution in [3.05, 3.63) is 83.3 Å². The number of benzene rings is 2. The Hall–Kier alpha value is -4.24. The molecule has 2 aliphatic heterocycles. The molecule has 1 spiro atoms. The fourth-order valence-corrected chi connectivity index (χ4v) is 11.2. The first-order valence-electron chi connectivity index (χ1n) is 24.1. The van der Waals surface area contributed by atoms with E-state index in [-0.39, 0.29) is 23.2 Å². The first-order valence-corrected chi connectivity index (χ1v) is 25.9. The van der Waals surface area contributed by atoms with Gasteiger partial charge in [-0.05, 0) is 69.2 Å². The summed E-state index contributed by atoms with van der Waals surface area (Å²) in [5, 5.41) is 25.0. The Kier molecular flexibility index (Phi) is 17.1. The average molecular weight is 946 g/mol. The molecular weight excluding hydrogens is 879 g/mol. The number of hydrogen-bond acceptors (Lipinski definition) is 13. The van der Waals surface area contributed by atoms with Crippen LogP contribution in [0.5, 0.6) is 11.5 Å². The van der Waals surface area contributed by atoms with Crippen LogP contribution in [0.1, 0.15) is 160 Å². The summed E-state index contributed by atoms with van der Waals surface area (Å²) in [7, 11) is -4.67. The van der Waals surface area contributed by atoms with Crippen molar-refractivity contribution in [3.8, 4) is 23.6 Å². The third-order valence-electron chi connectivity index (χ3n) is 12.9. The molecular formula is C50H66ClN6O8P. The minimum Gasteiger partial charge on any atom is -0.488 e. The Morgan fingerprint density at radius 3 is 2.15 bits per heavy atom. The summed E-state index contributed by atoms with van der Waals surface area (Å²) in [6, 6.07) is 21.4. The van der Waals surface area contributed by atoms with Crippen LogP contribution in [0.4, 0.5) is 5.82 Å². The van der Waals surface area contributed by atoms with Crippen LogP contribution in [0.2, 0.25) is 5.02 Å². The average Bonchev–Trinajstić information content (AvgIpc) is 3.65. The smallest absolute Gasteiger partial charge is 0.488 e. The lowest BCUT2D eigenvalue weighted by molar-refractivity contribution is -0.182. The van der Waals surface area contributed by atoms with Gasteiger partial charge in [-0.1, -0.05) is 146 Å². The molecule has 2 unspecified atom stereocenters. The van der Waals surface area contributed by atoms with Gasteiger partial charge in [-0.2, -0.15) is 15.6 Å². The predicted molar refractivity (Wildman–Crippen MR) is 252 cm³/mol. The zero-order valence-corrected chi connectivity index (χ0v) is 40.4.